The molecule has 12 heteroatoms. The van der Waals surface area contributed by atoms with Crippen LogP contribution in [-0.2, 0) is 27.4 Å². The van der Waals surface area contributed by atoms with Gasteiger partial charge in [0.2, 0.25) is 0 Å². The SMILES string of the molecule is C=CCCC(=C)N(C)NC(=O)c1cc(CNC(=O)c2cccc(CN3CCOCC3)c2)c(N(C)NC)s1.CC(C)(C)OC=O. The van der Waals surface area contributed by atoms with Crippen LogP contribution in [0.4, 0.5) is 5.00 Å². The number of nitrogens with zero attached hydrogens (tertiary/aromatic N) is 3. The maximum absolute atomic E-state index is 13.0. The maximum atomic E-state index is 13.0. The van der Waals surface area contributed by atoms with Gasteiger partial charge in [-0.05, 0) is 57.4 Å². The van der Waals surface area contributed by atoms with Crippen molar-refractivity contribution in [2.75, 3.05) is 52.5 Å². The van der Waals surface area contributed by atoms with E-state index in [9.17, 15) is 14.4 Å². The smallest absolute Gasteiger partial charge is 0.293 e. The van der Waals surface area contributed by atoms with Gasteiger partial charge >= 0.3 is 0 Å². The van der Waals surface area contributed by atoms with Crippen LogP contribution in [0.1, 0.15) is 64.8 Å². The first-order valence-corrected chi connectivity index (χ1v) is 15.4. The van der Waals surface area contributed by atoms with Crippen LogP contribution >= 0.6 is 11.3 Å². The lowest BCUT2D eigenvalue weighted by atomic mass is 10.1. The molecule has 1 aromatic heterocycles. The molecule has 0 aliphatic carbocycles. The van der Waals surface area contributed by atoms with Gasteiger partial charge in [0.25, 0.3) is 18.3 Å². The monoisotopic (exact) mass is 628 g/mol. The minimum Gasteiger partial charge on any atom is -0.462 e. The largest absolute Gasteiger partial charge is 0.462 e. The van der Waals surface area contributed by atoms with E-state index in [0.29, 0.717) is 29.9 Å². The number of morpholine rings is 1. The van der Waals surface area contributed by atoms with E-state index in [1.165, 1.54) is 11.3 Å². The summed E-state index contributed by atoms with van der Waals surface area (Å²) >= 11 is 1.35. The van der Waals surface area contributed by atoms with Gasteiger partial charge in [-0.25, -0.2) is 5.43 Å². The van der Waals surface area contributed by atoms with E-state index in [4.69, 9.17) is 4.74 Å². The van der Waals surface area contributed by atoms with Crippen molar-refractivity contribution in [1.29, 1.82) is 0 Å². The Bertz CT molecular complexity index is 1250. The van der Waals surface area contributed by atoms with Gasteiger partial charge in [-0.3, -0.25) is 29.7 Å². The van der Waals surface area contributed by atoms with E-state index in [0.717, 1.165) is 61.1 Å². The molecular formula is C32H48N6O5S. The van der Waals surface area contributed by atoms with Crippen LogP contribution < -0.4 is 21.2 Å². The molecule has 242 valence electrons. The van der Waals surface area contributed by atoms with Crippen molar-refractivity contribution in [3.8, 4) is 0 Å². The first-order chi connectivity index (χ1) is 20.9. The number of nitrogens with one attached hydrogen (secondary N) is 3. The maximum Gasteiger partial charge on any atom is 0.293 e. The molecule has 2 heterocycles. The van der Waals surface area contributed by atoms with Crippen LogP contribution in [0.5, 0.6) is 0 Å². The van der Waals surface area contributed by atoms with E-state index in [1.807, 2.05) is 69.2 Å². The number of allylic oxidation sites excluding steroid dienone is 2. The summed E-state index contributed by atoms with van der Waals surface area (Å²) in [7, 11) is 5.45. The number of ether oxygens (including phenoxy) is 2. The summed E-state index contributed by atoms with van der Waals surface area (Å²) in [5.41, 5.74) is 8.97. The minimum atomic E-state index is -0.318. The number of hydrazine groups is 2. The molecule has 1 saturated heterocycles. The third-order valence-corrected chi connectivity index (χ3v) is 7.82. The molecule has 2 aromatic rings. The summed E-state index contributed by atoms with van der Waals surface area (Å²) < 4.78 is 9.97. The number of amides is 2. The van der Waals surface area contributed by atoms with E-state index < -0.39 is 0 Å². The molecule has 2 amide bonds. The number of benzene rings is 1. The van der Waals surface area contributed by atoms with Crippen LogP contribution in [0.25, 0.3) is 0 Å². The zero-order valence-electron chi connectivity index (χ0n) is 26.9. The first kappa shape index (κ1) is 36.5. The Morgan fingerprint density at radius 2 is 1.86 bits per heavy atom. The second kappa shape index (κ2) is 18.2. The number of hydrogen-bond acceptors (Lipinski definition) is 10. The van der Waals surface area contributed by atoms with Gasteiger partial charge in [-0.2, -0.15) is 0 Å². The lowest BCUT2D eigenvalue weighted by Gasteiger charge is -2.26. The number of thiophene rings is 1. The zero-order chi connectivity index (χ0) is 32.7. The van der Waals surface area contributed by atoms with E-state index in [1.54, 1.807) is 19.1 Å². The first-order valence-electron chi connectivity index (χ1n) is 14.5. The van der Waals surface area contributed by atoms with Gasteiger partial charge in [0.05, 0.1) is 18.1 Å². The Balaban J connectivity index is 0.000000860. The molecule has 0 saturated carbocycles. The third kappa shape index (κ3) is 12.5. The Morgan fingerprint density at radius 1 is 1.16 bits per heavy atom. The molecular weight excluding hydrogens is 580 g/mol. The normalized spacial score (nSPS) is 13.1. The molecule has 3 rings (SSSR count). The highest BCUT2D eigenvalue weighted by Gasteiger charge is 2.19. The Labute approximate surface area is 265 Å². The van der Waals surface area contributed by atoms with Gasteiger partial charge in [-0.1, -0.05) is 24.8 Å². The average Bonchev–Trinajstić information content (AvgIpc) is 3.43. The Kier molecular flexibility index (Phi) is 15.1. The second-order valence-electron chi connectivity index (χ2n) is 11.2. The molecule has 1 fully saturated rings. The van der Waals surface area contributed by atoms with Crippen LogP contribution in [-0.4, -0.2) is 81.2 Å². The molecule has 1 aliphatic rings. The summed E-state index contributed by atoms with van der Waals surface area (Å²) in [5, 5.41) is 7.33. The van der Waals surface area contributed by atoms with Gasteiger partial charge in [0, 0.05) is 64.1 Å². The van der Waals surface area contributed by atoms with Crippen LogP contribution in [0, 0.1) is 0 Å². The Hall–Kier alpha value is -3.71. The summed E-state index contributed by atoms with van der Waals surface area (Å²) in [6.45, 7) is 18.0. The molecule has 11 nitrogen and oxygen atoms in total. The lowest BCUT2D eigenvalue weighted by Crippen LogP contribution is -2.38. The number of rotatable bonds is 14. The predicted molar refractivity (Wildman–Crippen MR) is 176 cm³/mol. The molecule has 1 aromatic carbocycles. The topological polar surface area (TPSA) is 115 Å². The summed E-state index contributed by atoms with van der Waals surface area (Å²) in [5.74, 6) is -0.385. The molecule has 44 heavy (non-hydrogen) atoms. The fourth-order valence-electron chi connectivity index (χ4n) is 4.02. The van der Waals surface area contributed by atoms with Crippen LogP contribution in [0.3, 0.4) is 0 Å². The molecule has 1 aliphatic heterocycles. The molecule has 0 radical (unpaired) electrons. The van der Waals surface area contributed by atoms with Crippen molar-refractivity contribution >= 4 is 34.6 Å². The van der Waals surface area contributed by atoms with Gasteiger partial charge in [0.1, 0.15) is 10.6 Å². The predicted octanol–water partition coefficient (Wildman–Crippen LogP) is 4.10. The number of carbonyl (C=O) groups is 3. The number of hydrogen-bond donors (Lipinski definition) is 3. The number of carbonyl (C=O) groups excluding carboxylic acids is 3. The summed E-state index contributed by atoms with van der Waals surface area (Å²) in [6.07, 6.45) is 3.32. The fraction of sp³-hybridized carbons (Fsp3) is 0.469. The average molecular weight is 629 g/mol. The standard InChI is InChI=1S/C27H38N6O3S.C5H10O2/c1-6-7-9-20(2)31(4)30-26(35)24-17-23(27(37-24)32(5)28-3)18-29-25(34)22-11-8-10-21(16-22)19-33-12-14-36-15-13-33;1-5(2,3)7-4-6/h6,8,10-11,16-17,28H,1-2,7,9,12-15,18-19H2,3-5H3,(H,29,34)(H,30,35);4H,1-3H3. The van der Waals surface area contributed by atoms with Crippen molar-refractivity contribution in [2.24, 2.45) is 0 Å². The van der Waals surface area contributed by atoms with E-state index in [-0.39, 0.29) is 17.4 Å². The van der Waals surface area contributed by atoms with Crippen molar-refractivity contribution in [3.63, 3.8) is 0 Å². The van der Waals surface area contributed by atoms with Crippen molar-refractivity contribution in [2.45, 2.75) is 52.3 Å². The molecule has 0 unspecified atom stereocenters. The molecule has 0 atom stereocenters. The van der Waals surface area contributed by atoms with Crippen LogP contribution in [0.2, 0.25) is 0 Å². The minimum absolute atomic E-state index is 0.155. The fourth-order valence-corrected chi connectivity index (χ4v) is 5.05. The highest BCUT2D eigenvalue weighted by atomic mass is 32.1. The van der Waals surface area contributed by atoms with Crippen LogP contribution in [0.15, 0.2) is 55.3 Å². The van der Waals surface area contributed by atoms with Crippen molar-refractivity contribution < 1.29 is 23.9 Å². The van der Waals surface area contributed by atoms with Crippen molar-refractivity contribution in [3.05, 3.63) is 76.8 Å². The Morgan fingerprint density at radius 3 is 2.45 bits per heavy atom. The lowest BCUT2D eigenvalue weighted by molar-refractivity contribution is -0.138. The highest BCUT2D eigenvalue weighted by Crippen LogP contribution is 2.30. The summed E-state index contributed by atoms with van der Waals surface area (Å²) in [6, 6.07) is 9.53. The highest BCUT2D eigenvalue weighted by molar-refractivity contribution is 7.18. The van der Waals surface area contributed by atoms with Gasteiger partial charge in [-0.15, -0.1) is 17.9 Å². The van der Waals surface area contributed by atoms with Gasteiger partial charge in [0.15, 0.2) is 0 Å². The zero-order valence-corrected chi connectivity index (χ0v) is 27.7. The van der Waals surface area contributed by atoms with Crippen molar-refractivity contribution in [1.82, 2.24) is 26.1 Å². The second-order valence-corrected chi connectivity index (χ2v) is 12.2. The van der Waals surface area contributed by atoms with E-state index >= 15 is 0 Å². The quantitative estimate of drug-likeness (QED) is 0.162. The number of anilines is 1. The molecule has 3 N–H and O–H groups in total. The summed E-state index contributed by atoms with van der Waals surface area (Å²) in [4.78, 5) is 38.4. The van der Waals surface area contributed by atoms with Gasteiger partial charge < -0.3 is 19.8 Å². The molecule has 0 bridgehead atoms. The third-order valence-electron chi connectivity index (χ3n) is 6.57. The van der Waals surface area contributed by atoms with E-state index in [2.05, 4.69) is 39.0 Å². The molecule has 0 spiro atoms.